The fraction of sp³-hybridized carbons (Fsp3) is 0.154. The van der Waals surface area contributed by atoms with E-state index in [9.17, 15) is 4.79 Å². The van der Waals surface area contributed by atoms with Gasteiger partial charge in [0.05, 0.1) is 12.5 Å². The van der Waals surface area contributed by atoms with E-state index in [1.807, 2.05) is 24.3 Å². The van der Waals surface area contributed by atoms with E-state index in [0.717, 1.165) is 11.3 Å². The standard InChI is InChI=1S/C13H11N3O2S/c1-8-11(12(17)18)16-13(19-8)15-10-4-2-9(3-5-10)6-7-14/h2-5H,6H2,1H3,(H,15,16)(H,17,18). The van der Waals surface area contributed by atoms with Gasteiger partial charge in [0.1, 0.15) is 0 Å². The molecule has 0 unspecified atom stereocenters. The van der Waals surface area contributed by atoms with Gasteiger partial charge >= 0.3 is 5.97 Å². The summed E-state index contributed by atoms with van der Waals surface area (Å²) < 4.78 is 0. The third kappa shape index (κ3) is 3.09. The maximum atomic E-state index is 10.9. The van der Waals surface area contributed by atoms with Crippen molar-refractivity contribution in [1.82, 2.24) is 4.98 Å². The fourth-order valence-electron chi connectivity index (χ4n) is 1.57. The Morgan fingerprint density at radius 3 is 2.68 bits per heavy atom. The van der Waals surface area contributed by atoms with Crippen LogP contribution < -0.4 is 5.32 Å². The van der Waals surface area contributed by atoms with Crippen molar-refractivity contribution in [3.63, 3.8) is 0 Å². The monoisotopic (exact) mass is 273 g/mol. The lowest BCUT2D eigenvalue weighted by molar-refractivity contribution is 0.0690. The quantitative estimate of drug-likeness (QED) is 0.894. The maximum absolute atomic E-state index is 10.9. The van der Waals surface area contributed by atoms with Crippen molar-refractivity contribution in [2.75, 3.05) is 5.32 Å². The van der Waals surface area contributed by atoms with E-state index >= 15 is 0 Å². The fourth-order valence-corrected chi connectivity index (χ4v) is 2.39. The largest absolute Gasteiger partial charge is 0.476 e. The summed E-state index contributed by atoms with van der Waals surface area (Å²) in [6, 6.07) is 9.46. The minimum Gasteiger partial charge on any atom is -0.476 e. The molecular formula is C13H11N3O2S. The van der Waals surface area contributed by atoms with Gasteiger partial charge in [0, 0.05) is 10.6 Å². The van der Waals surface area contributed by atoms with E-state index < -0.39 is 5.97 Å². The number of rotatable bonds is 4. The van der Waals surface area contributed by atoms with Crippen LogP contribution in [0.5, 0.6) is 0 Å². The summed E-state index contributed by atoms with van der Waals surface area (Å²) >= 11 is 1.30. The van der Waals surface area contributed by atoms with Crippen LogP contribution in [0, 0.1) is 18.3 Å². The van der Waals surface area contributed by atoms with Crippen molar-refractivity contribution in [2.24, 2.45) is 0 Å². The molecule has 0 atom stereocenters. The maximum Gasteiger partial charge on any atom is 0.355 e. The SMILES string of the molecule is Cc1sc(Nc2ccc(CC#N)cc2)nc1C(=O)O. The Hall–Kier alpha value is -2.39. The Morgan fingerprint density at radius 1 is 1.47 bits per heavy atom. The number of nitrogens with zero attached hydrogens (tertiary/aromatic N) is 2. The number of anilines is 2. The first-order chi connectivity index (χ1) is 9.10. The number of carboxylic acid groups (broad SMARTS) is 1. The zero-order chi connectivity index (χ0) is 13.8. The van der Waals surface area contributed by atoms with Gasteiger partial charge < -0.3 is 10.4 Å². The molecule has 1 aromatic carbocycles. The zero-order valence-corrected chi connectivity index (χ0v) is 11.0. The molecule has 0 aliphatic rings. The molecular weight excluding hydrogens is 262 g/mol. The topological polar surface area (TPSA) is 86.0 Å². The minimum absolute atomic E-state index is 0.0774. The first kappa shape index (κ1) is 13.1. The Bertz CT molecular complexity index is 641. The highest BCUT2D eigenvalue weighted by atomic mass is 32.1. The molecule has 0 saturated carbocycles. The number of thiazole rings is 1. The first-order valence-corrected chi connectivity index (χ1v) is 6.35. The third-order valence-corrected chi connectivity index (χ3v) is 3.37. The van der Waals surface area contributed by atoms with Gasteiger partial charge in [-0.1, -0.05) is 12.1 Å². The van der Waals surface area contributed by atoms with Crippen molar-refractivity contribution in [3.8, 4) is 6.07 Å². The van der Waals surface area contributed by atoms with E-state index in [2.05, 4.69) is 16.4 Å². The lowest BCUT2D eigenvalue weighted by atomic mass is 10.1. The van der Waals surface area contributed by atoms with E-state index in [4.69, 9.17) is 10.4 Å². The molecule has 0 saturated heterocycles. The Morgan fingerprint density at radius 2 is 2.16 bits per heavy atom. The molecule has 2 rings (SSSR count). The Labute approximate surface area is 114 Å². The van der Waals surface area contributed by atoms with Crippen LogP contribution in [0.1, 0.15) is 20.9 Å². The summed E-state index contributed by atoms with van der Waals surface area (Å²) in [4.78, 5) is 15.6. The van der Waals surface area contributed by atoms with Crippen LogP contribution in [0.3, 0.4) is 0 Å². The predicted octanol–water partition coefficient (Wildman–Crippen LogP) is 2.96. The second kappa shape index (κ2) is 5.50. The molecule has 0 aliphatic carbocycles. The number of nitrogens with one attached hydrogen (secondary N) is 1. The Kier molecular flexibility index (Phi) is 3.78. The molecule has 1 aromatic heterocycles. The summed E-state index contributed by atoms with van der Waals surface area (Å²) in [6.45, 7) is 1.72. The molecule has 5 nitrogen and oxygen atoms in total. The van der Waals surface area contributed by atoms with Crippen LogP contribution in [0.2, 0.25) is 0 Å². The number of hydrogen-bond donors (Lipinski definition) is 2. The van der Waals surface area contributed by atoms with Crippen LogP contribution in [-0.2, 0) is 6.42 Å². The summed E-state index contributed by atoms with van der Waals surface area (Å²) in [6.07, 6.45) is 0.375. The number of aromatic nitrogens is 1. The molecule has 0 amide bonds. The van der Waals surface area contributed by atoms with Gasteiger partial charge in [-0.25, -0.2) is 9.78 Å². The number of nitriles is 1. The number of benzene rings is 1. The van der Waals surface area contributed by atoms with Crippen molar-refractivity contribution in [2.45, 2.75) is 13.3 Å². The molecule has 0 spiro atoms. The van der Waals surface area contributed by atoms with Gasteiger partial charge in [-0.3, -0.25) is 0 Å². The molecule has 0 radical (unpaired) electrons. The van der Waals surface area contributed by atoms with Crippen molar-refractivity contribution < 1.29 is 9.90 Å². The molecule has 96 valence electrons. The third-order valence-electron chi connectivity index (χ3n) is 2.49. The zero-order valence-electron chi connectivity index (χ0n) is 10.2. The summed E-state index contributed by atoms with van der Waals surface area (Å²) in [5.41, 5.74) is 1.83. The number of aryl methyl sites for hydroxylation is 1. The first-order valence-electron chi connectivity index (χ1n) is 5.54. The minimum atomic E-state index is -1.02. The van der Waals surface area contributed by atoms with Gasteiger partial charge in [-0.2, -0.15) is 5.26 Å². The number of carboxylic acids is 1. The van der Waals surface area contributed by atoms with Crippen LogP contribution >= 0.6 is 11.3 Å². The molecule has 0 fully saturated rings. The highest BCUT2D eigenvalue weighted by Crippen LogP contribution is 2.25. The summed E-state index contributed by atoms with van der Waals surface area (Å²) in [5, 5.41) is 21.1. The van der Waals surface area contributed by atoms with Gasteiger partial charge in [0.15, 0.2) is 10.8 Å². The lowest BCUT2D eigenvalue weighted by Crippen LogP contribution is -1.99. The van der Waals surface area contributed by atoms with Crippen molar-refractivity contribution in [3.05, 3.63) is 40.4 Å². The van der Waals surface area contributed by atoms with Gasteiger partial charge in [-0.15, -0.1) is 11.3 Å². The second-order valence-electron chi connectivity index (χ2n) is 3.89. The average molecular weight is 273 g/mol. The lowest BCUT2D eigenvalue weighted by Gasteiger charge is -2.02. The van der Waals surface area contributed by atoms with Gasteiger partial charge in [0.2, 0.25) is 0 Å². The molecule has 6 heteroatoms. The smallest absolute Gasteiger partial charge is 0.355 e. The number of carbonyl (C=O) groups is 1. The second-order valence-corrected chi connectivity index (χ2v) is 5.09. The van der Waals surface area contributed by atoms with Crippen molar-refractivity contribution in [1.29, 1.82) is 5.26 Å². The molecule has 1 heterocycles. The average Bonchev–Trinajstić information content (AvgIpc) is 2.73. The van der Waals surface area contributed by atoms with E-state index in [-0.39, 0.29) is 5.69 Å². The van der Waals surface area contributed by atoms with Gasteiger partial charge in [0.25, 0.3) is 0 Å². The molecule has 2 aromatic rings. The Balaban J connectivity index is 2.15. The van der Waals surface area contributed by atoms with Crippen molar-refractivity contribution >= 4 is 28.1 Å². The van der Waals surface area contributed by atoms with Crippen LogP contribution in [0.15, 0.2) is 24.3 Å². The van der Waals surface area contributed by atoms with Gasteiger partial charge in [-0.05, 0) is 24.6 Å². The highest BCUT2D eigenvalue weighted by Gasteiger charge is 2.13. The normalized spacial score (nSPS) is 9.89. The highest BCUT2D eigenvalue weighted by molar-refractivity contribution is 7.15. The number of hydrogen-bond acceptors (Lipinski definition) is 5. The number of aromatic carboxylic acids is 1. The van der Waals surface area contributed by atoms with E-state index in [1.54, 1.807) is 6.92 Å². The van der Waals surface area contributed by atoms with Crippen LogP contribution in [0.4, 0.5) is 10.8 Å². The van der Waals surface area contributed by atoms with Crippen LogP contribution in [0.25, 0.3) is 0 Å². The molecule has 2 N–H and O–H groups in total. The molecule has 19 heavy (non-hydrogen) atoms. The summed E-state index contributed by atoms with van der Waals surface area (Å²) in [7, 11) is 0. The van der Waals surface area contributed by atoms with Crippen LogP contribution in [-0.4, -0.2) is 16.1 Å². The molecule has 0 aliphatic heterocycles. The predicted molar refractivity (Wildman–Crippen MR) is 72.9 cm³/mol. The molecule has 0 bridgehead atoms. The summed E-state index contributed by atoms with van der Waals surface area (Å²) in [5.74, 6) is -1.02. The van der Waals surface area contributed by atoms with E-state index in [0.29, 0.717) is 16.4 Å². The van der Waals surface area contributed by atoms with E-state index in [1.165, 1.54) is 11.3 Å².